The van der Waals surface area contributed by atoms with Crippen molar-refractivity contribution in [3.8, 4) is 0 Å². The summed E-state index contributed by atoms with van der Waals surface area (Å²) in [6.07, 6.45) is 1.74. The van der Waals surface area contributed by atoms with Crippen molar-refractivity contribution in [2.24, 2.45) is 5.92 Å². The molecule has 0 radical (unpaired) electrons. The van der Waals surface area contributed by atoms with Crippen LogP contribution in [0.15, 0.2) is 24.3 Å². The van der Waals surface area contributed by atoms with Crippen LogP contribution in [-0.2, 0) is 22.8 Å². The largest absolute Gasteiger partial charge is 0.393 e. The van der Waals surface area contributed by atoms with E-state index in [2.05, 4.69) is 0 Å². The molecule has 0 aromatic heterocycles. The molecule has 96 valence electrons. The van der Waals surface area contributed by atoms with Crippen molar-refractivity contribution in [2.45, 2.75) is 38.5 Å². The van der Waals surface area contributed by atoms with Gasteiger partial charge in [-0.15, -0.1) is 0 Å². The van der Waals surface area contributed by atoms with E-state index < -0.39 is 0 Å². The summed E-state index contributed by atoms with van der Waals surface area (Å²) in [7, 11) is 0. The molecule has 3 rings (SSSR count). The van der Waals surface area contributed by atoms with Crippen LogP contribution in [0.5, 0.6) is 0 Å². The van der Waals surface area contributed by atoms with E-state index in [1.165, 1.54) is 5.06 Å². The van der Waals surface area contributed by atoms with Crippen LogP contribution in [0.2, 0.25) is 0 Å². The van der Waals surface area contributed by atoms with Crippen molar-refractivity contribution >= 4 is 5.91 Å². The Kier molecular flexibility index (Phi) is 3.06. The number of aliphatic hydroxyl groups is 1. The second kappa shape index (κ2) is 4.71. The third kappa shape index (κ3) is 2.13. The summed E-state index contributed by atoms with van der Waals surface area (Å²) >= 11 is 0. The summed E-state index contributed by atoms with van der Waals surface area (Å²) in [6, 6.07) is 8.01. The zero-order valence-electron chi connectivity index (χ0n) is 10.2. The van der Waals surface area contributed by atoms with Crippen molar-refractivity contribution in [2.75, 3.05) is 0 Å². The minimum Gasteiger partial charge on any atom is -0.393 e. The van der Waals surface area contributed by atoms with E-state index in [1.807, 2.05) is 24.3 Å². The average Bonchev–Trinajstić information content (AvgIpc) is 2.84. The van der Waals surface area contributed by atoms with Gasteiger partial charge in [0.2, 0.25) is 5.91 Å². The van der Waals surface area contributed by atoms with Crippen LogP contribution in [0.3, 0.4) is 0 Å². The normalized spacial score (nSPS) is 27.1. The van der Waals surface area contributed by atoms with Gasteiger partial charge in [0.1, 0.15) is 6.61 Å². The molecular formula is C14H17NO3. The SMILES string of the molecule is O=C([C@@H]1CC[C@@H](O)C1)N1Cc2ccccc2CO1. The van der Waals surface area contributed by atoms with E-state index in [1.54, 1.807) is 0 Å². The smallest absolute Gasteiger partial charge is 0.249 e. The van der Waals surface area contributed by atoms with Crippen molar-refractivity contribution in [3.63, 3.8) is 0 Å². The first-order chi connectivity index (χ1) is 8.74. The molecule has 2 atom stereocenters. The van der Waals surface area contributed by atoms with Crippen LogP contribution in [0.25, 0.3) is 0 Å². The maximum atomic E-state index is 12.2. The molecule has 1 aromatic rings. The van der Waals surface area contributed by atoms with Crippen LogP contribution in [0, 0.1) is 5.92 Å². The second-order valence-corrected chi connectivity index (χ2v) is 5.08. The molecule has 1 aromatic carbocycles. The highest BCUT2D eigenvalue weighted by Gasteiger charge is 2.33. The Labute approximate surface area is 106 Å². The number of hydrogen-bond donors (Lipinski definition) is 1. The van der Waals surface area contributed by atoms with Gasteiger partial charge in [-0.1, -0.05) is 24.3 Å². The molecular weight excluding hydrogens is 230 g/mol. The quantitative estimate of drug-likeness (QED) is 0.820. The Morgan fingerprint density at radius 1 is 1.28 bits per heavy atom. The molecule has 0 bridgehead atoms. The molecule has 2 aliphatic rings. The Morgan fingerprint density at radius 3 is 2.78 bits per heavy atom. The maximum absolute atomic E-state index is 12.2. The van der Waals surface area contributed by atoms with Gasteiger partial charge in [0, 0.05) is 5.92 Å². The van der Waals surface area contributed by atoms with Gasteiger partial charge < -0.3 is 5.11 Å². The molecule has 1 saturated carbocycles. The number of carbonyl (C=O) groups is 1. The Balaban J connectivity index is 1.70. The number of carbonyl (C=O) groups excluding carboxylic acids is 1. The first-order valence-electron chi connectivity index (χ1n) is 6.43. The maximum Gasteiger partial charge on any atom is 0.249 e. The molecule has 1 aliphatic carbocycles. The van der Waals surface area contributed by atoms with Gasteiger partial charge in [-0.25, -0.2) is 5.06 Å². The fraction of sp³-hybridized carbons (Fsp3) is 0.500. The number of aliphatic hydroxyl groups excluding tert-OH is 1. The van der Waals surface area contributed by atoms with Crippen LogP contribution >= 0.6 is 0 Å². The number of amides is 1. The van der Waals surface area contributed by atoms with Gasteiger partial charge in [-0.2, -0.15) is 0 Å². The molecule has 1 aliphatic heterocycles. The van der Waals surface area contributed by atoms with Gasteiger partial charge in [0.05, 0.1) is 12.6 Å². The van der Waals surface area contributed by atoms with E-state index in [9.17, 15) is 9.90 Å². The lowest BCUT2D eigenvalue weighted by Gasteiger charge is -2.29. The average molecular weight is 247 g/mol. The molecule has 1 amide bonds. The lowest BCUT2D eigenvalue weighted by Crippen LogP contribution is -2.37. The third-order valence-corrected chi connectivity index (χ3v) is 3.81. The highest BCUT2D eigenvalue weighted by Crippen LogP contribution is 2.29. The Morgan fingerprint density at radius 2 is 2.06 bits per heavy atom. The van der Waals surface area contributed by atoms with Gasteiger partial charge in [-0.05, 0) is 30.4 Å². The predicted octanol–water partition coefficient (Wildman–Crippen LogP) is 1.62. The number of hydrogen-bond acceptors (Lipinski definition) is 3. The number of benzene rings is 1. The lowest BCUT2D eigenvalue weighted by atomic mass is 10.0. The van der Waals surface area contributed by atoms with Crippen LogP contribution < -0.4 is 0 Å². The van der Waals surface area contributed by atoms with E-state index in [-0.39, 0.29) is 17.9 Å². The van der Waals surface area contributed by atoms with Crippen LogP contribution in [-0.4, -0.2) is 22.2 Å². The van der Waals surface area contributed by atoms with Gasteiger partial charge >= 0.3 is 0 Å². The molecule has 0 spiro atoms. The monoisotopic (exact) mass is 247 g/mol. The van der Waals surface area contributed by atoms with E-state index >= 15 is 0 Å². The van der Waals surface area contributed by atoms with Crippen molar-refractivity contribution in [1.82, 2.24) is 5.06 Å². The Hall–Kier alpha value is -1.39. The van der Waals surface area contributed by atoms with Gasteiger partial charge in [0.15, 0.2) is 0 Å². The Bertz CT molecular complexity index is 460. The first kappa shape index (κ1) is 11.7. The molecule has 1 fully saturated rings. The summed E-state index contributed by atoms with van der Waals surface area (Å²) in [5.74, 6) is -0.0636. The summed E-state index contributed by atoms with van der Waals surface area (Å²) < 4.78 is 0. The summed E-state index contributed by atoms with van der Waals surface area (Å²) in [6.45, 7) is 0.971. The second-order valence-electron chi connectivity index (χ2n) is 5.08. The fourth-order valence-corrected chi connectivity index (χ4v) is 2.73. The minimum absolute atomic E-state index is 0.0149. The molecule has 1 heterocycles. The van der Waals surface area contributed by atoms with E-state index in [0.29, 0.717) is 19.6 Å². The molecule has 1 N–H and O–H groups in total. The first-order valence-corrected chi connectivity index (χ1v) is 6.43. The zero-order valence-corrected chi connectivity index (χ0v) is 10.2. The number of hydroxylamine groups is 2. The number of rotatable bonds is 1. The molecule has 0 saturated heterocycles. The summed E-state index contributed by atoms with van der Waals surface area (Å²) in [5, 5.41) is 11.0. The topological polar surface area (TPSA) is 49.8 Å². The van der Waals surface area contributed by atoms with Gasteiger partial charge in [-0.3, -0.25) is 9.63 Å². The predicted molar refractivity (Wildman–Crippen MR) is 65.1 cm³/mol. The molecule has 18 heavy (non-hydrogen) atoms. The number of nitrogens with zero attached hydrogens (tertiary/aromatic N) is 1. The van der Waals surface area contributed by atoms with Crippen LogP contribution in [0.4, 0.5) is 0 Å². The van der Waals surface area contributed by atoms with Gasteiger partial charge in [0.25, 0.3) is 0 Å². The summed E-state index contributed by atoms with van der Waals surface area (Å²) in [4.78, 5) is 17.8. The van der Waals surface area contributed by atoms with Crippen LogP contribution in [0.1, 0.15) is 30.4 Å². The molecule has 4 heteroatoms. The van der Waals surface area contributed by atoms with E-state index in [0.717, 1.165) is 24.0 Å². The fourth-order valence-electron chi connectivity index (χ4n) is 2.73. The lowest BCUT2D eigenvalue weighted by molar-refractivity contribution is -0.205. The van der Waals surface area contributed by atoms with Crippen molar-refractivity contribution < 1.29 is 14.7 Å². The van der Waals surface area contributed by atoms with Crippen molar-refractivity contribution in [1.29, 1.82) is 0 Å². The van der Waals surface area contributed by atoms with E-state index in [4.69, 9.17) is 4.84 Å². The number of fused-ring (bicyclic) bond motifs is 1. The summed E-state index contributed by atoms with van der Waals surface area (Å²) in [5.41, 5.74) is 2.30. The minimum atomic E-state index is -0.323. The highest BCUT2D eigenvalue weighted by molar-refractivity contribution is 5.78. The third-order valence-electron chi connectivity index (χ3n) is 3.81. The zero-order chi connectivity index (χ0) is 12.5. The molecule has 0 unspecified atom stereocenters. The molecule has 4 nitrogen and oxygen atoms in total. The standard InChI is InChI=1S/C14H17NO3/c16-13-6-5-10(7-13)14(17)15-8-11-3-1-2-4-12(11)9-18-15/h1-4,10,13,16H,5-9H2/t10-,13-/m1/s1. The van der Waals surface area contributed by atoms with Crippen molar-refractivity contribution in [3.05, 3.63) is 35.4 Å². The highest BCUT2D eigenvalue weighted by atomic mass is 16.7.